The number of carbonyl (C=O) groups is 2. The van der Waals surface area contributed by atoms with Crippen molar-refractivity contribution in [3.05, 3.63) is 89.0 Å². The first-order valence-corrected chi connectivity index (χ1v) is 9.46. The number of hydrogen-bond acceptors (Lipinski definition) is 6. The fourth-order valence-corrected chi connectivity index (χ4v) is 2.85. The maximum absolute atomic E-state index is 12.7. The van der Waals surface area contributed by atoms with Crippen LogP contribution in [-0.2, 0) is 4.79 Å². The second-order valence-electron chi connectivity index (χ2n) is 6.64. The van der Waals surface area contributed by atoms with Crippen molar-refractivity contribution in [3.63, 3.8) is 0 Å². The molecule has 2 aromatic carbocycles. The summed E-state index contributed by atoms with van der Waals surface area (Å²) in [5.41, 5.74) is 3.48. The molecule has 0 saturated heterocycles. The molecule has 2 heterocycles. The standard InChI is InChI=1S/C23H19N3O5/c1-15-7-9-18(31-15)13-24-26-23(28)19(25-22(27)17-5-3-2-4-6-17)11-16-8-10-20-21(12-16)30-14-29-20/h2-13H,14H2,1H3,(H,25,27)(H,26,28)/b19-11+,24-13-. The van der Waals surface area contributed by atoms with Crippen LogP contribution in [0.1, 0.15) is 27.4 Å². The van der Waals surface area contributed by atoms with Crippen LogP contribution >= 0.6 is 0 Å². The summed E-state index contributed by atoms with van der Waals surface area (Å²) < 4.78 is 16.1. The number of carbonyl (C=O) groups excluding carboxylic acids is 2. The zero-order valence-corrected chi connectivity index (χ0v) is 16.6. The molecule has 3 aromatic rings. The number of nitrogens with zero attached hydrogens (tertiary/aromatic N) is 1. The van der Waals surface area contributed by atoms with Crippen molar-refractivity contribution in [2.45, 2.75) is 6.92 Å². The Labute approximate surface area is 178 Å². The predicted octanol–water partition coefficient (Wildman–Crippen LogP) is 3.24. The van der Waals surface area contributed by atoms with E-state index in [1.165, 1.54) is 12.3 Å². The molecule has 0 unspecified atom stereocenters. The molecule has 1 aliphatic heterocycles. The number of hydrogen-bond donors (Lipinski definition) is 2. The summed E-state index contributed by atoms with van der Waals surface area (Å²) >= 11 is 0. The first-order valence-electron chi connectivity index (χ1n) is 9.46. The minimum atomic E-state index is -0.596. The van der Waals surface area contributed by atoms with E-state index < -0.39 is 11.8 Å². The highest BCUT2D eigenvalue weighted by atomic mass is 16.7. The van der Waals surface area contributed by atoms with Gasteiger partial charge in [0.25, 0.3) is 11.8 Å². The highest BCUT2D eigenvalue weighted by Crippen LogP contribution is 2.33. The van der Waals surface area contributed by atoms with Crippen LogP contribution in [0.25, 0.3) is 6.08 Å². The lowest BCUT2D eigenvalue weighted by atomic mass is 10.1. The smallest absolute Gasteiger partial charge is 0.287 e. The van der Waals surface area contributed by atoms with Gasteiger partial charge in [-0.25, -0.2) is 5.43 Å². The third kappa shape index (κ3) is 4.99. The average Bonchev–Trinajstić information content (AvgIpc) is 3.42. The third-order valence-corrected chi connectivity index (χ3v) is 4.36. The molecule has 0 fully saturated rings. The van der Waals surface area contributed by atoms with Gasteiger partial charge >= 0.3 is 0 Å². The number of hydrazone groups is 1. The third-order valence-electron chi connectivity index (χ3n) is 4.36. The van der Waals surface area contributed by atoms with Crippen LogP contribution < -0.4 is 20.2 Å². The summed E-state index contributed by atoms with van der Waals surface area (Å²) in [6, 6.07) is 17.3. The molecule has 0 spiro atoms. The van der Waals surface area contributed by atoms with Crippen LogP contribution in [0, 0.1) is 6.92 Å². The Hall–Kier alpha value is -4.33. The Morgan fingerprint density at radius 2 is 1.81 bits per heavy atom. The van der Waals surface area contributed by atoms with Gasteiger partial charge in [-0.05, 0) is 55.0 Å². The monoisotopic (exact) mass is 417 g/mol. The van der Waals surface area contributed by atoms with E-state index in [4.69, 9.17) is 13.9 Å². The lowest BCUT2D eigenvalue weighted by Crippen LogP contribution is -2.32. The number of fused-ring (bicyclic) bond motifs is 1. The van der Waals surface area contributed by atoms with Crippen molar-refractivity contribution in [1.82, 2.24) is 10.7 Å². The molecule has 8 heteroatoms. The minimum absolute atomic E-state index is 0.0143. The molecule has 0 bridgehead atoms. The normalized spacial score (nSPS) is 12.7. The summed E-state index contributed by atoms with van der Waals surface area (Å²) in [6.45, 7) is 1.95. The molecule has 1 aromatic heterocycles. The molecule has 156 valence electrons. The van der Waals surface area contributed by atoms with Crippen LogP contribution in [0.3, 0.4) is 0 Å². The maximum atomic E-state index is 12.7. The fraction of sp³-hybridized carbons (Fsp3) is 0.0870. The number of nitrogens with one attached hydrogen (secondary N) is 2. The van der Waals surface area contributed by atoms with Gasteiger partial charge in [-0.1, -0.05) is 24.3 Å². The van der Waals surface area contributed by atoms with Crippen molar-refractivity contribution in [1.29, 1.82) is 0 Å². The van der Waals surface area contributed by atoms with Gasteiger partial charge in [0.1, 0.15) is 17.2 Å². The van der Waals surface area contributed by atoms with E-state index in [0.29, 0.717) is 28.4 Å². The quantitative estimate of drug-likeness (QED) is 0.364. The van der Waals surface area contributed by atoms with Crippen LogP contribution in [0.2, 0.25) is 0 Å². The fourth-order valence-electron chi connectivity index (χ4n) is 2.85. The largest absolute Gasteiger partial charge is 0.460 e. The van der Waals surface area contributed by atoms with E-state index in [9.17, 15) is 9.59 Å². The highest BCUT2D eigenvalue weighted by Gasteiger charge is 2.16. The minimum Gasteiger partial charge on any atom is -0.460 e. The van der Waals surface area contributed by atoms with Crippen molar-refractivity contribution in [3.8, 4) is 11.5 Å². The summed E-state index contributed by atoms with van der Waals surface area (Å²) in [5.74, 6) is 1.39. The molecule has 1 aliphatic rings. The maximum Gasteiger partial charge on any atom is 0.287 e. The zero-order chi connectivity index (χ0) is 21.6. The first kappa shape index (κ1) is 20.0. The van der Waals surface area contributed by atoms with Gasteiger partial charge in [0.05, 0.1) is 6.21 Å². The van der Waals surface area contributed by atoms with Crippen LogP contribution in [0.15, 0.2) is 75.9 Å². The van der Waals surface area contributed by atoms with E-state index in [1.54, 1.807) is 67.6 Å². The molecule has 2 N–H and O–H groups in total. The number of rotatable bonds is 6. The summed E-state index contributed by atoms with van der Waals surface area (Å²) in [5, 5.41) is 6.54. The number of furan rings is 1. The van der Waals surface area contributed by atoms with Gasteiger partial charge in [0.15, 0.2) is 11.5 Å². The zero-order valence-electron chi connectivity index (χ0n) is 16.6. The number of benzene rings is 2. The molecule has 8 nitrogen and oxygen atoms in total. The molecule has 0 saturated carbocycles. The second kappa shape index (κ2) is 9.00. The van der Waals surface area contributed by atoms with Crippen LogP contribution in [0.4, 0.5) is 0 Å². The molecule has 0 aliphatic carbocycles. The van der Waals surface area contributed by atoms with Gasteiger partial charge in [0, 0.05) is 5.56 Å². The van der Waals surface area contributed by atoms with E-state index in [1.807, 2.05) is 0 Å². The van der Waals surface area contributed by atoms with E-state index in [2.05, 4.69) is 15.8 Å². The number of aryl methyl sites for hydroxylation is 1. The lowest BCUT2D eigenvalue weighted by molar-refractivity contribution is -0.117. The molecule has 0 radical (unpaired) electrons. The summed E-state index contributed by atoms with van der Waals surface area (Å²) in [7, 11) is 0. The van der Waals surface area contributed by atoms with Crippen LogP contribution in [-0.4, -0.2) is 24.8 Å². The Morgan fingerprint density at radius 1 is 1.00 bits per heavy atom. The van der Waals surface area contributed by atoms with E-state index in [0.717, 1.165) is 5.76 Å². The Kier molecular flexibility index (Phi) is 5.79. The predicted molar refractivity (Wildman–Crippen MR) is 114 cm³/mol. The van der Waals surface area contributed by atoms with Gasteiger partial charge in [-0.2, -0.15) is 5.10 Å². The van der Waals surface area contributed by atoms with Gasteiger partial charge in [0.2, 0.25) is 6.79 Å². The van der Waals surface area contributed by atoms with Crippen molar-refractivity contribution in [2.24, 2.45) is 5.10 Å². The molecule has 0 atom stereocenters. The van der Waals surface area contributed by atoms with Crippen LogP contribution in [0.5, 0.6) is 11.5 Å². The Balaban J connectivity index is 1.56. The Bertz CT molecular complexity index is 1160. The van der Waals surface area contributed by atoms with Crippen molar-refractivity contribution in [2.75, 3.05) is 6.79 Å². The Morgan fingerprint density at radius 3 is 2.58 bits per heavy atom. The van der Waals surface area contributed by atoms with E-state index >= 15 is 0 Å². The SMILES string of the molecule is Cc1ccc(/C=N\NC(=O)/C(=C\c2ccc3c(c2)OCO3)NC(=O)c2ccccc2)o1. The topological polar surface area (TPSA) is 102 Å². The second-order valence-corrected chi connectivity index (χ2v) is 6.64. The highest BCUT2D eigenvalue weighted by molar-refractivity contribution is 6.05. The van der Waals surface area contributed by atoms with Gasteiger partial charge in [-0.15, -0.1) is 0 Å². The molecule has 31 heavy (non-hydrogen) atoms. The van der Waals surface area contributed by atoms with Crippen molar-refractivity contribution >= 4 is 24.1 Å². The molecular formula is C23H19N3O5. The molecule has 2 amide bonds. The van der Waals surface area contributed by atoms with Crippen molar-refractivity contribution < 1.29 is 23.5 Å². The van der Waals surface area contributed by atoms with Gasteiger partial charge in [-0.3, -0.25) is 9.59 Å². The number of amides is 2. The molecular weight excluding hydrogens is 398 g/mol. The number of ether oxygens (including phenoxy) is 2. The van der Waals surface area contributed by atoms with Gasteiger partial charge < -0.3 is 19.2 Å². The lowest BCUT2D eigenvalue weighted by Gasteiger charge is -2.09. The first-order chi connectivity index (χ1) is 15.1. The summed E-state index contributed by atoms with van der Waals surface area (Å²) in [6.07, 6.45) is 2.91. The average molecular weight is 417 g/mol. The summed E-state index contributed by atoms with van der Waals surface area (Å²) in [4.78, 5) is 25.4. The molecule has 4 rings (SSSR count). The van der Waals surface area contributed by atoms with E-state index in [-0.39, 0.29) is 12.5 Å².